The lowest BCUT2D eigenvalue weighted by Gasteiger charge is -2.33. The molecule has 43 heavy (non-hydrogen) atoms. The van der Waals surface area contributed by atoms with Crippen molar-refractivity contribution in [1.29, 1.82) is 0 Å². The molecule has 0 bridgehead atoms. The number of halogens is 1. The Morgan fingerprint density at radius 1 is 0.907 bits per heavy atom. The summed E-state index contributed by atoms with van der Waals surface area (Å²) in [6.07, 6.45) is 5.25. The predicted molar refractivity (Wildman–Crippen MR) is 160 cm³/mol. The van der Waals surface area contributed by atoms with Crippen LogP contribution in [0.2, 0.25) is 0 Å². The van der Waals surface area contributed by atoms with Crippen molar-refractivity contribution in [3.63, 3.8) is 0 Å². The van der Waals surface area contributed by atoms with Crippen LogP contribution in [0.3, 0.4) is 0 Å². The lowest BCUT2D eigenvalue weighted by Crippen LogP contribution is -2.52. The zero-order valence-electron chi connectivity index (χ0n) is 24.0. The number of hydrogen-bond donors (Lipinski definition) is 1. The monoisotopic (exact) mass is 605 g/mol. The second-order valence-electron chi connectivity index (χ2n) is 11.2. The molecule has 0 unspecified atom stereocenters. The van der Waals surface area contributed by atoms with Crippen LogP contribution in [0.1, 0.15) is 66.4 Å². The fraction of sp³-hybridized carbons (Fsp3) is 0.364. The van der Waals surface area contributed by atoms with E-state index in [2.05, 4.69) is 5.32 Å². The fourth-order valence-electron chi connectivity index (χ4n) is 5.85. The maximum atomic E-state index is 13.9. The van der Waals surface area contributed by atoms with Crippen LogP contribution in [-0.4, -0.2) is 54.0 Å². The summed E-state index contributed by atoms with van der Waals surface area (Å²) in [7, 11) is -3.99. The molecule has 1 N–H and O–H groups in total. The Bertz CT molecular complexity index is 1560. The number of hydrogen-bond acceptors (Lipinski definition) is 5. The van der Waals surface area contributed by atoms with Crippen molar-refractivity contribution in [2.45, 2.75) is 74.9 Å². The molecule has 0 saturated heterocycles. The lowest BCUT2D eigenvalue weighted by molar-refractivity contribution is -0.141. The van der Waals surface area contributed by atoms with Crippen molar-refractivity contribution in [2.24, 2.45) is 0 Å². The number of nitrogens with one attached hydrogen (secondary N) is 1. The maximum Gasteiger partial charge on any atom is 0.269 e. The van der Waals surface area contributed by atoms with Crippen LogP contribution in [-0.2, 0) is 32.6 Å². The first-order valence-corrected chi connectivity index (χ1v) is 16.2. The normalized spacial score (nSPS) is 16.9. The summed E-state index contributed by atoms with van der Waals surface area (Å²) in [6, 6.07) is 20.5. The van der Waals surface area contributed by atoms with Crippen molar-refractivity contribution in [2.75, 3.05) is 6.54 Å². The molecule has 1 saturated carbocycles. The van der Waals surface area contributed by atoms with Crippen LogP contribution < -0.4 is 5.32 Å². The van der Waals surface area contributed by atoms with E-state index in [1.165, 1.54) is 29.2 Å². The molecule has 5 rings (SSSR count). The SMILES string of the molecule is O=C(NC1CCCCC1)[C@H](Cc1ccccc1)N(Cc1ccc(F)cc1)C(=O)CCCN1C(=O)c2ccccc2S1(=O)=O. The van der Waals surface area contributed by atoms with E-state index in [0.717, 1.165) is 42.0 Å². The van der Waals surface area contributed by atoms with Gasteiger partial charge in [0.05, 0.1) is 5.56 Å². The smallest absolute Gasteiger partial charge is 0.269 e. The Morgan fingerprint density at radius 3 is 2.28 bits per heavy atom. The van der Waals surface area contributed by atoms with Crippen molar-refractivity contribution < 1.29 is 27.2 Å². The molecular weight excluding hydrogens is 569 g/mol. The summed E-state index contributed by atoms with van der Waals surface area (Å²) in [4.78, 5) is 42.1. The number of benzene rings is 3. The zero-order valence-corrected chi connectivity index (χ0v) is 24.8. The van der Waals surface area contributed by atoms with Gasteiger partial charge in [0.1, 0.15) is 16.8 Å². The second kappa shape index (κ2) is 13.5. The fourth-order valence-corrected chi connectivity index (χ4v) is 7.46. The summed E-state index contributed by atoms with van der Waals surface area (Å²) in [5.74, 6) is -1.63. The van der Waals surface area contributed by atoms with Gasteiger partial charge in [-0.2, -0.15) is 0 Å². The van der Waals surface area contributed by atoms with E-state index < -0.39 is 27.8 Å². The average molecular weight is 606 g/mol. The molecule has 1 atom stereocenters. The van der Waals surface area contributed by atoms with Gasteiger partial charge in [-0.15, -0.1) is 0 Å². The van der Waals surface area contributed by atoms with Crippen LogP contribution in [0, 0.1) is 5.82 Å². The number of rotatable bonds is 11. The number of nitrogens with zero attached hydrogens (tertiary/aromatic N) is 2. The maximum absolute atomic E-state index is 13.9. The van der Waals surface area contributed by atoms with Gasteiger partial charge in [-0.3, -0.25) is 14.4 Å². The third-order valence-electron chi connectivity index (χ3n) is 8.15. The standard InChI is InChI=1S/C33H36FN3O5S/c34-26-19-17-25(18-20-26)23-36(29(22-24-10-3-1-4-11-24)32(39)35-27-12-5-2-6-13-27)31(38)16-9-21-37-33(40)28-14-7-8-15-30(28)43(37,41)42/h1,3-4,7-8,10-11,14-15,17-20,27,29H,2,5-6,9,12-13,16,21-23H2,(H,35,39)/t29-/m0/s1. The quantitative estimate of drug-likeness (QED) is 0.337. The number of carbonyl (C=O) groups excluding carboxylic acids is 3. The minimum atomic E-state index is -3.99. The minimum absolute atomic E-state index is 0.0356. The first-order chi connectivity index (χ1) is 20.7. The van der Waals surface area contributed by atoms with E-state index in [1.54, 1.807) is 24.3 Å². The molecular formula is C33H36FN3O5S. The third kappa shape index (κ3) is 7.13. The molecule has 3 aromatic rings. The number of carbonyl (C=O) groups is 3. The molecule has 0 spiro atoms. The molecule has 8 nitrogen and oxygen atoms in total. The van der Waals surface area contributed by atoms with Gasteiger partial charge in [-0.1, -0.05) is 73.9 Å². The minimum Gasteiger partial charge on any atom is -0.352 e. The van der Waals surface area contributed by atoms with E-state index >= 15 is 0 Å². The average Bonchev–Trinajstić information content (AvgIpc) is 3.21. The molecule has 1 heterocycles. The van der Waals surface area contributed by atoms with Crippen molar-refractivity contribution >= 4 is 27.7 Å². The topological polar surface area (TPSA) is 104 Å². The van der Waals surface area contributed by atoms with E-state index in [9.17, 15) is 27.2 Å². The van der Waals surface area contributed by atoms with E-state index in [4.69, 9.17) is 0 Å². The molecule has 2 aliphatic rings. The molecule has 0 aromatic heterocycles. The summed E-state index contributed by atoms with van der Waals surface area (Å²) >= 11 is 0. The Morgan fingerprint density at radius 2 is 1.58 bits per heavy atom. The van der Waals surface area contributed by atoms with Crippen molar-refractivity contribution in [3.05, 3.63) is 101 Å². The van der Waals surface area contributed by atoms with Crippen molar-refractivity contribution in [1.82, 2.24) is 14.5 Å². The second-order valence-corrected chi connectivity index (χ2v) is 13.0. The first kappa shape index (κ1) is 30.4. The van der Waals surface area contributed by atoms with Gasteiger partial charge in [-0.25, -0.2) is 17.1 Å². The van der Waals surface area contributed by atoms with Crippen LogP contribution >= 0.6 is 0 Å². The molecule has 226 valence electrons. The first-order valence-electron chi connectivity index (χ1n) is 14.8. The van der Waals surface area contributed by atoms with E-state index in [1.807, 2.05) is 30.3 Å². The summed E-state index contributed by atoms with van der Waals surface area (Å²) in [6.45, 7) is -0.0926. The molecule has 1 aliphatic heterocycles. The highest BCUT2D eigenvalue weighted by molar-refractivity contribution is 7.90. The molecule has 1 aliphatic carbocycles. The highest BCUT2D eigenvalue weighted by Gasteiger charge is 2.40. The van der Waals surface area contributed by atoms with Gasteiger partial charge in [0.2, 0.25) is 11.8 Å². The molecule has 10 heteroatoms. The third-order valence-corrected chi connectivity index (χ3v) is 9.99. The lowest BCUT2D eigenvalue weighted by atomic mass is 9.94. The van der Waals surface area contributed by atoms with E-state index in [0.29, 0.717) is 5.56 Å². The van der Waals surface area contributed by atoms with Crippen LogP contribution in [0.15, 0.2) is 83.8 Å². The van der Waals surface area contributed by atoms with Gasteiger partial charge in [0.25, 0.3) is 15.9 Å². The summed E-state index contributed by atoms with van der Waals surface area (Å²) < 4.78 is 40.5. The van der Waals surface area contributed by atoms with Gasteiger partial charge in [0.15, 0.2) is 0 Å². The summed E-state index contributed by atoms with van der Waals surface area (Å²) in [5.41, 5.74) is 1.66. The zero-order chi connectivity index (χ0) is 30.4. The number of fused-ring (bicyclic) bond motifs is 1. The largest absolute Gasteiger partial charge is 0.352 e. The van der Waals surface area contributed by atoms with Gasteiger partial charge >= 0.3 is 0 Å². The van der Waals surface area contributed by atoms with Crippen LogP contribution in [0.5, 0.6) is 0 Å². The Hall–Kier alpha value is -4.05. The van der Waals surface area contributed by atoms with Crippen LogP contribution in [0.25, 0.3) is 0 Å². The summed E-state index contributed by atoms with van der Waals surface area (Å²) in [5, 5.41) is 3.17. The Kier molecular flexibility index (Phi) is 9.55. The Balaban J connectivity index is 1.37. The highest BCUT2D eigenvalue weighted by atomic mass is 32.2. The van der Waals surface area contributed by atoms with Gasteiger partial charge < -0.3 is 10.2 Å². The van der Waals surface area contributed by atoms with Gasteiger partial charge in [-0.05, 0) is 54.7 Å². The molecule has 3 amide bonds. The number of sulfonamides is 1. The molecule has 0 radical (unpaired) electrons. The molecule has 3 aromatic carbocycles. The van der Waals surface area contributed by atoms with Crippen molar-refractivity contribution in [3.8, 4) is 0 Å². The highest BCUT2D eigenvalue weighted by Crippen LogP contribution is 2.30. The Labute approximate surface area is 251 Å². The molecule has 1 fully saturated rings. The van der Waals surface area contributed by atoms with Crippen LogP contribution in [0.4, 0.5) is 4.39 Å². The van der Waals surface area contributed by atoms with E-state index in [-0.39, 0.29) is 60.7 Å². The van der Waals surface area contributed by atoms with Gasteiger partial charge in [0, 0.05) is 32.0 Å². The number of amides is 3. The predicted octanol–water partition coefficient (Wildman–Crippen LogP) is 4.84.